The Hall–Kier alpha value is -2.03. The normalized spacial score (nSPS) is 15.0. The van der Waals surface area contributed by atoms with Gasteiger partial charge in [0.25, 0.3) is 0 Å². The molecule has 1 saturated heterocycles. The number of anilines is 1. The van der Waals surface area contributed by atoms with Crippen molar-refractivity contribution in [2.24, 2.45) is 0 Å². The van der Waals surface area contributed by atoms with Gasteiger partial charge in [0.1, 0.15) is 5.75 Å². The summed E-state index contributed by atoms with van der Waals surface area (Å²) in [6, 6.07) is 10.8. The Bertz CT molecular complexity index is 660. The molecule has 116 valence electrons. The molecule has 1 aliphatic heterocycles. The van der Waals surface area contributed by atoms with E-state index < -0.39 is 0 Å². The molecule has 1 aliphatic rings. The molecule has 0 saturated carbocycles. The summed E-state index contributed by atoms with van der Waals surface area (Å²) in [4.78, 5) is 6.77. The SMILES string of the molecule is COc1cc(C)ncc1N1CC(c2ccccc2C(C)C)C1. The van der Waals surface area contributed by atoms with E-state index in [1.54, 1.807) is 7.11 Å². The number of methoxy groups -OCH3 is 1. The Kier molecular flexibility index (Phi) is 4.06. The largest absolute Gasteiger partial charge is 0.494 e. The number of hydrogen-bond acceptors (Lipinski definition) is 3. The lowest BCUT2D eigenvalue weighted by molar-refractivity contribution is 0.407. The Labute approximate surface area is 132 Å². The van der Waals surface area contributed by atoms with E-state index in [2.05, 4.69) is 48.0 Å². The van der Waals surface area contributed by atoms with Crippen molar-refractivity contribution < 1.29 is 4.74 Å². The van der Waals surface area contributed by atoms with E-state index in [0.29, 0.717) is 11.8 Å². The highest BCUT2D eigenvalue weighted by molar-refractivity contribution is 5.60. The number of aromatic nitrogens is 1. The van der Waals surface area contributed by atoms with Gasteiger partial charge in [-0.15, -0.1) is 0 Å². The molecular weight excluding hydrogens is 272 g/mol. The molecule has 22 heavy (non-hydrogen) atoms. The minimum Gasteiger partial charge on any atom is -0.494 e. The van der Waals surface area contributed by atoms with Crippen molar-refractivity contribution in [3.8, 4) is 5.75 Å². The molecule has 1 fully saturated rings. The smallest absolute Gasteiger partial charge is 0.145 e. The van der Waals surface area contributed by atoms with Crippen LogP contribution >= 0.6 is 0 Å². The summed E-state index contributed by atoms with van der Waals surface area (Å²) in [5, 5.41) is 0. The molecule has 3 heteroatoms. The zero-order chi connectivity index (χ0) is 15.7. The summed E-state index contributed by atoms with van der Waals surface area (Å²) in [7, 11) is 1.73. The fraction of sp³-hybridized carbons (Fsp3) is 0.421. The molecule has 0 amide bonds. The van der Waals surface area contributed by atoms with Crippen molar-refractivity contribution in [2.75, 3.05) is 25.1 Å². The van der Waals surface area contributed by atoms with Crippen LogP contribution in [0.1, 0.15) is 42.5 Å². The molecule has 2 aromatic rings. The highest BCUT2D eigenvalue weighted by atomic mass is 16.5. The van der Waals surface area contributed by atoms with Crippen molar-refractivity contribution in [3.05, 3.63) is 53.3 Å². The molecule has 0 bridgehead atoms. The number of hydrogen-bond donors (Lipinski definition) is 0. The summed E-state index contributed by atoms with van der Waals surface area (Å²) in [5.41, 5.74) is 5.06. The zero-order valence-electron chi connectivity index (χ0n) is 13.8. The Morgan fingerprint density at radius 1 is 1.23 bits per heavy atom. The van der Waals surface area contributed by atoms with Crippen molar-refractivity contribution in [1.82, 2.24) is 4.98 Å². The molecule has 1 aromatic heterocycles. The first-order valence-electron chi connectivity index (χ1n) is 7.94. The molecule has 0 spiro atoms. The molecule has 0 N–H and O–H groups in total. The third kappa shape index (κ3) is 2.68. The van der Waals surface area contributed by atoms with E-state index in [9.17, 15) is 0 Å². The second-order valence-electron chi connectivity index (χ2n) is 6.38. The number of pyridine rings is 1. The number of nitrogens with zero attached hydrogens (tertiary/aromatic N) is 2. The number of benzene rings is 1. The van der Waals surface area contributed by atoms with E-state index >= 15 is 0 Å². The van der Waals surface area contributed by atoms with Gasteiger partial charge in [-0.2, -0.15) is 0 Å². The fourth-order valence-corrected chi connectivity index (χ4v) is 3.21. The van der Waals surface area contributed by atoms with Crippen molar-refractivity contribution in [1.29, 1.82) is 0 Å². The second kappa shape index (κ2) is 5.99. The molecular formula is C19H24N2O. The molecule has 0 aliphatic carbocycles. The Morgan fingerprint density at radius 3 is 2.64 bits per heavy atom. The zero-order valence-corrected chi connectivity index (χ0v) is 13.8. The molecule has 0 atom stereocenters. The van der Waals surface area contributed by atoms with Gasteiger partial charge in [0.15, 0.2) is 0 Å². The molecule has 3 nitrogen and oxygen atoms in total. The summed E-state index contributed by atoms with van der Waals surface area (Å²) in [6.07, 6.45) is 1.93. The lowest BCUT2D eigenvalue weighted by Crippen LogP contribution is -2.45. The van der Waals surface area contributed by atoms with Crippen LogP contribution in [0.3, 0.4) is 0 Å². The van der Waals surface area contributed by atoms with Gasteiger partial charge in [-0.3, -0.25) is 4.98 Å². The quantitative estimate of drug-likeness (QED) is 0.848. The van der Waals surface area contributed by atoms with Crippen LogP contribution in [0, 0.1) is 6.92 Å². The van der Waals surface area contributed by atoms with Gasteiger partial charge < -0.3 is 9.64 Å². The molecule has 3 rings (SSSR count). The van der Waals surface area contributed by atoms with Crippen molar-refractivity contribution in [2.45, 2.75) is 32.6 Å². The fourth-order valence-electron chi connectivity index (χ4n) is 3.21. The highest BCUT2D eigenvalue weighted by Gasteiger charge is 2.31. The van der Waals surface area contributed by atoms with Gasteiger partial charge in [0.2, 0.25) is 0 Å². The summed E-state index contributed by atoms with van der Waals surface area (Å²) >= 11 is 0. The van der Waals surface area contributed by atoms with Gasteiger partial charge in [-0.05, 0) is 24.0 Å². The van der Waals surface area contributed by atoms with Crippen LogP contribution in [0.5, 0.6) is 5.75 Å². The lowest BCUT2D eigenvalue weighted by Gasteiger charge is -2.42. The second-order valence-corrected chi connectivity index (χ2v) is 6.38. The third-order valence-electron chi connectivity index (χ3n) is 4.48. The minimum absolute atomic E-state index is 0.570. The Morgan fingerprint density at radius 2 is 1.95 bits per heavy atom. The van der Waals surface area contributed by atoms with E-state index in [1.165, 1.54) is 11.1 Å². The lowest BCUT2D eigenvalue weighted by atomic mass is 9.84. The first kappa shape index (κ1) is 14.9. The average Bonchev–Trinajstić information content (AvgIpc) is 2.47. The number of rotatable bonds is 4. The van der Waals surface area contributed by atoms with Crippen LogP contribution in [-0.2, 0) is 0 Å². The molecule has 0 radical (unpaired) electrons. The van der Waals surface area contributed by atoms with Crippen LogP contribution in [0.2, 0.25) is 0 Å². The van der Waals surface area contributed by atoms with Gasteiger partial charge in [0, 0.05) is 30.8 Å². The first-order chi connectivity index (χ1) is 10.6. The standard InChI is InChI=1S/C19H24N2O/c1-13(2)16-7-5-6-8-17(16)15-11-21(12-15)18-10-20-14(3)9-19(18)22-4/h5-10,13,15H,11-12H2,1-4H3. The van der Waals surface area contributed by atoms with E-state index in [4.69, 9.17) is 4.74 Å². The van der Waals surface area contributed by atoms with E-state index in [-0.39, 0.29) is 0 Å². The predicted octanol–water partition coefficient (Wildman–Crippen LogP) is 4.13. The molecule has 0 unspecified atom stereocenters. The first-order valence-corrected chi connectivity index (χ1v) is 7.94. The molecule has 2 heterocycles. The van der Waals surface area contributed by atoms with Crippen molar-refractivity contribution in [3.63, 3.8) is 0 Å². The van der Waals surface area contributed by atoms with Crippen LogP contribution < -0.4 is 9.64 Å². The van der Waals surface area contributed by atoms with Gasteiger partial charge in [-0.1, -0.05) is 38.1 Å². The van der Waals surface area contributed by atoms with Gasteiger partial charge in [0.05, 0.1) is 19.0 Å². The predicted molar refractivity (Wildman–Crippen MR) is 91.0 cm³/mol. The summed E-state index contributed by atoms with van der Waals surface area (Å²) in [5.74, 6) is 2.09. The maximum absolute atomic E-state index is 5.50. The maximum Gasteiger partial charge on any atom is 0.145 e. The third-order valence-corrected chi connectivity index (χ3v) is 4.48. The van der Waals surface area contributed by atoms with Crippen molar-refractivity contribution >= 4 is 5.69 Å². The van der Waals surface area contributed by atoms with Gasteiger partial charge >= 0.3 is 0 Å². The van der Waals surface area contributed by atoms with Gasteiger partial charge in [-0.25, -0.2) is 0 Å². The number of aryl methyl sites for hydroxylation is 1. The highest BCUT2D eigenvalue weighted by Crippen LogP contribution is 2.38. The molecule has 1 aromatic carbocycles. The van der Waals surface area contributed by atoms with Crippen LogP contribution in [-0.4, -0.2) is 25.2 Å². The van der Waals surface area contributed by atoms with E-state index in [0.717, 1.165) is 30.2 Å². The topological polar surface area (TPSA) is 25.4 Å². The average molecular weight is 296 g/mol. The summed E-state index contributed by atoms with van der Waals surface area (Å²) < 4.78 is 5.50. The summed E-state index contributed by atoms with van der Waals surface area (Å²) in [6.45, 7) is 8.59. The van der Waals surface area contributed by atoms with E-state index in [1.807, 2.05) is 19.2 Å². The minimum atomic E-state index is 0.570. The van der Waals surface area contributed by atoms with Crippen LogP contribution in [0.4, 0.5) is 5.69 Å². The van der Waals surface area contributed by atoms with Crippen LogP contribution in [0.25, 0.3) is 0 Å². The van der Waals surface area contributed by atoms with Crippen LogP contribution in [0.15, 0.2) is 36.5 Å². The maximum atomic E-state index is 5.50. The number of ether oxygens (including phenoxy) is 1. The monoisotopic (exact) mass is 296 g/mol. The Balaban J connectivity index is 1.78.